The van der Waals surface area contributed by atoms with Crippen molar-refractivity contribution >= 4 is 56.6 Å². The molecule has 8 nitrogen and oxygen atoms in total. The molecule has 2 aromatic heterocycles. The molecule has 0 amide bonds. The van der Waals surface area contributed by atoms with Gasteiger partial charge >= 0.3 is 5.97 Å². The molecule has 5 aromatic rings. The van der Waals surface area contributed by atoms with Crippen molar-refractivity contribution < 1.29 is 19.4 Å². The molecule has 0 aliphatic carbocycles. The molecule has 0 fully saturated rings. The van der Waals surface area contributed by atoms with Gasteiger partial charge < -0.3 is 9.84 Å². The first-order valence-corrected chi connectivity index (χ1v) is 8.27. The van der Waals surface area contributed by atoms with E-state index < -0.39 is 5.97 Å². The molecule has 0 radical (unpaired) electrons. The fourth-order valence-electron chi connectivity index (χ4n) is 3.09. The second-order valence-electron chi connectivity index (χ2n) is 6.15. The first kappa shape index (κ1) is 16.0. The Balaban J connectivity index is 1.75. The fourth-order valence-corrected chi connectivity index (χ4v) is 3.09. The van der Waals surface area contributed by atoms with Gasteiger partial charge in [0.25, 0.3) is 6.47 Å². The van der Waals surface area contributed by atoms with Gasteiger partial charge in [0, 0.05) is 6.07 Å². The van der Waals surface area contributed by atoms with E-state index in [1.165, 1.54) is 12.1 Å². The van der Waals surface area contributed by atoms with E-state index in [1.54, 1.807) is 36.4 Å². The van der Waals surface area contributed by atoms with Gasteiger partial charge in [-0.25, -0.2) is 24.7 Å². The largest absolute Gasteiger partial charge is 0.478 e. The predicted molar refractivity (Wildman–Crippen MR) is 101 cm³/mol. The van der Waals surface area contributed by atoms with Gasteiger partial charge in [0.1, 0.15) is 5.75 Å². The number of hydrogen-bond acceptors (Lipinski definition) is 7. The van der Waals surface area contributed by atoms with Crippen LogP contribution in [0.5, 0.6) is 5.75 Å². The molecule has 2 heterocycles. The molecule has 28 heavy (non-hydrogen) atoms. The fraction of sp³-hybridized carbons (Fsp3) is 0. The molecule has 0 atom stereocenters. The third-order valence-electron chi connectivity index (χ3n) is 4.39. The number of nitrogens with zero attached hydrogens (tertiary/aromatic N) is 4. The van der Waals surface area contributed by atoms with Gasteiger partial charge in [-0.1, -0.05) is 0 Å². The van der Waals surface area contributed by atoms with Crippen molar-refractivity contribution in [3.8, 4) is 5.75 Å². The summed E-state index contributed by atoms with van der Waals surface area (Å²) < 4.78 is 4.86. The van der Waals surface area contributed by atoms with Crippen LogP contribution in [0, 0.1) is 0 Å². The SMILES string of the molecule is O=COc1ccc2nc3cc4nc5cc(C(=O)O)ccc5nc4cc3nc2c1. The third-order valence-corrected chi connectivity index (χ3v) is 4.39. The molecule has 3 aromatic carbocycles. The Hall–Kier alpha value is -4.20. The van der Waals surface area contributed by atoms with Gasteiger partial charge in [-0.3, -0.25) is 4.79 Å². The molecule has 1 N–H and O–H groups in total. The van der Waals surface area contributed by atoms with Crippen molar-refractivity contribution in [1.82, 2.24) is 19.9 Å². The van der Waals surface area contributed by atoms with Crippen LogP contribution in [-0.4, -0.2) is 37.5 Å². The van der Waals surface area contributed by atoms with Crippen LogP contribution in [0.2, 0.25) is 0 Å². The van der Waals surface area contributed by atoms with E-state index in [0.717, 1.165) is 0 Å². The number of benzene rings is 3. The lowest BCUT2D eigenvalue weighted by atomic mass is 10.1. The van der Waals surface area contributed by atoms with Crippen LogP contribution in [0.3, 0.4) is 0 Å². The monoisotopic (exact) mass is 370 g/mol. The van der Waals surface area contributed by atoms with E-state index in [1.807, 2.05) is 0 Å². The maximum absolute atomic E-state index is 11.2. The summed E-state index contributed by atoms with van der Waals surface area (Å²) in [6.07, 6.45) is 0. The highest BCUT2D eigenvalue weighted by Crippen LogP contribution is 2.25. The number of carboxylic acids is 1. The van der Waals surface area contributed by atoms with Crippen LogP contribution in [-0.2, 0) is 4.79 Å². The van der Waals surface area contributed by atoms with Crippen LogP contribution >= 0.6 is 0 Å². The highest BCUT2D eigenvalue weighted by atomic mass is 16.5. The smallest absolute Gasteiger partial charge is 0.335 e. The Bertz CT molecular complexity index is 1450. The number of ether oxygens (including phenoxy) is 1. The predicted octanol–water partition coefficient (Wildman–Crippen LogP) is 3.11. The molecule has 8 heteroatoms. The first-order valence-electron chi connectivity index (χ1n) is 8.27. The van der Waals surface area contributed by atoms with Gasteiger partial charge in [0.15, 0.2) is 0 Å². The molecule has 0 unspecified atom stereocenters. The van der Waals surface area contributed by atoms with Gasteiger partial charge in [0.2, 0.25) is 0 Å². The zero-order valence-electron chi connectivity index (χ0n) is 14.2. The van der Waals surface area contributed by atoms with Crippen molar-refractivity contribution in [1.29, 1.82) is 0 Å². The lowest BCUT2D eigenvalue weighted by Gasteiger charge is -2.06. The Kier molecular flexibility index (Phi) is 3.38. The number of aromatic nitrogens is 4. The van der Waals surface area contributed by atoms with E-state index in [-0.39, 0.29) is 5.56 Å². The topological polar surface area (TPSA) is 115 Å². The van der Waals surface area contributed by atoms with Gasteiger partial charge in [0.05, 0.1) is 49.7 Å². The van der Waals surface area contributed by atoms with E-state index in [9.17, 15) is 9.59 Å². The molecule has 5 rings (SSSR count). The molecule has 0 saturated carbocycles. The molecule has 0 bridgehead atoms. The average Bonchev–Trinajstić information content (AvgIpc) is 2.69. The number of fused-ring (bicyclic) bond motifs is 4. The molecular weight excluding hydrogens is 360 g/mol. The highest BCUT2D eigenvalue weighted by molar-refractivity contribution is 5.98. The summed E-state index contributed by atoms with van der Waals surface area (Å²) in [6.45, 7) is 0.361. The number of carboxylic acid groups (broad SMARTS) is 1. The summed E-state index contributed by atoms with van der Waals surface area (Å²) in [4.78, 5) is 40.0. The maximum Gasteiger partial charge on any atom is 0.335 e. The summed E-state index contributed by atoms with van der Waals surface area (Å²) in [5.41, 5.74) is 4.95. The first-order chi connectivity index (χ1) is 13.6. The summed E-state index contributed by atoms with van der Waals surface area (Å²) >= 11 is 0. The average molecular weight is 370 g/mol. The number of rotatable bonds is 3. The van der Waals surface area contributed by atoms with E-state index in [4.69, 9.17) is 9.84 Å². The number of carbonyl (C=O) groups excluding carboxylic acids is 1. The summed E-state index contributed by atoms with van der Waals surface area (Å²) in [7, 11) is 0. The highest BCUT2D eigenvalue weighted by Gasteiger charge is 2.10. The van der Waals surface area contributed by atoms with Crippen molar-refractivity contribution in [2.45, 2.75) is 0 Å². The minimum atomic E-state index is -1.02. The number of aromatic carboxylic acids is 1. The van der Waals surface area contributed by atoms with Gasteiger partial charge in [-0.15, -0.1) is 0 Å². The second kappa shape index (κ2) is 5.92. The zero-order valence-corrected chi connectivity index (χ0v) is 14.2. The molecule has 0 spiro atoms. The molecule has 134 valence electrons. The lowest BCUT2D eigenvalue weighted by molar-refractivity contribution is -0.120. The minimum absolute atomic E-state index is 0.154. The van der Waals surface area contributed by atoms with E-state index >= 15 is 0 Å². The van der Waals surface area contributed by atoms with E-state index in [0.29, 0.717) is 56.4 Å². The zero-order chi connectivity index (χ0) is 19.3. The molecule has 0 saturated heterocycles. The number of hydrogen-bond donors (Lipinski definition) is 1. The molecule has 0 aliphatic rings. The molecular formula is C20H10N4O4. The van der Waals surface area contributed by atoms with Crippen LogP contribution in [0.25, 0.3) is 44.1 Å². The van der Waals surface area contributed by atoms with Crippen LogP contribution in [0.4, 0.5) is 0 Å². The molecule has 0 aliphatic heterocycles. The summed E-state index contributed by atoms with van der Waals surface area (Å²) in [6, 6.07) is 13.2. The standard InChI is InChI=1S/C20H10N4O4/c25-9-28-11-2-4-13-15(6-11)24-19-8-16-18(7-17(19)22-13)23-14-5-10(20(26)27)1-3-12(14)21-16/h1-9H,(H,26,27). The number of carbonyl (C=O) groups is 2. The Labute approximate surface area is 156 Å². The second-order valence-corrected chi connectivity index (χ2v) is 6.15. The quantitative estimate of drug-likeness (QED) is 0.380. The summed E-state index contributed by atoms with van der Waals surface area (Å²) in [5, 5.41) is 9.16. The van der Waals surface area contributed by atoms with Crippen LogP contribution < -0.4 is 4.74 Å². The third kappa shape index (κ3) is 2.55. The Morgan fingerprint density at radius 2 is 1.21 bits per heavy atom. The van der Waals surface area contributed by atoms with Crippen molar-refractivity contribution in [2.75, 3.05) is 0 Å². The Morgan fingerprint density at radius 1 is 0.714 bits per heavy atom. The van der Waals surface area contributed by atoms with Crippen molar-refractivity contribution in [2.24, 2.45) is 0 Å². The summed E-state index contributed by atoms with van der Waals surface area (Å²) in [5.74, 6) is -0.630. The van der Waals surface area contributed by atoms with Crippen LogP contribution in [0.15, 0.2) is 48.5 Å². The Morgan fingerprint density at radius 3 is 1.79 bits per heavy atom. The van der Waals surface area contributed by atoms with Gasteiger partial charge in [-0.05, 0) is 42.5 Å². The van der Waals surface area contributed by atoms with Crippen molar-refractivity contribution in [3.05, 3.63) is 54.1 Å². The van der Waals surface area contributed by atoms with Crippen molar-refractivity contribution in [3.63, 3.8) is 0 Å². The minimum Gasteiger partial charge on any atom is -0.478 e. The lowest BCUT2D eigenvalue weighted by Crippen LogP contribution is -1.97. The van der Waals surface area contributed by atoms with E-state index in [2.05, 4.69) is 19.9 Å². The van der Waals surface area contributed by atoms with Crippen LogP contribution in [0.1, 0.15) is 10.4 Å². The van der Waals surface area contributed by atoms with Gasteiger partial charge in [-0.2, -0.15) is 0 Å². The normalized spacial score (nSPS) is 11.3. The maximum atomic E-state index is 11.2.